The fraction of sp³-hybridized carbons (Fsp3) is 0.0526. The third kappa shape index (κ3) is 3.16. The van der Waals surface area contributed by atoms with Crippen LogP contribution in [0.15, 0.2) is 54.6 Å². The van der Waals surface area contributed by atoms with Crippen LogP contribution in [-0.4, -0.2) is 17.0 Å². The summed E-state index contributed by atoms with van der Waals surface area (Å²) < 4.78 is 5.24. The van der Waals surface area contributed by atoms with E-state index in [4.69, 9.17) is 10.5 Å². The van der Waals surface area contributed by atoms with Gasteiger partial charge >= 0.3 is 0 Å². The van der Waals surface area contributed by atoms with E-state index < -0.39 is 4.92 Å². The SMILES string of the molecule is COc1cccc(-c2cc(-c3ccc([N+](=O)[O-])cc3)nc(N)c2C#N)c1. The molecule has 128 valence electrons. The number of aromatic nitrogens is 1. The largest absolute Gasteiger partial charge is 0.497 e. The zero-order valence-corrected chi connectivity index (χ0v) is 13.8. The molecule has 0 fully saturated rings. The summed E-state index contributed by atoms with van der Waals surface area (Å²) in [4.78, 5) is 14.6. The summed E-state index contributed by atoms with van der Waals surface area (Å²) in [7, 11) is 1.56. The van der Waals surface area contributed by atoms with Crippen molar-refractivity contribution in [3.8, 4) is 34.2 Å². The maximum Gasteiger partial charge on any atom is 0.269 e. The Labute approximate surface area is 149 Å². The average Bonchev–Trinajstić information content (AvgIpc) is 2.67. The molecule has 26 heavy (non-hydrogen) atoms. The van der Waals surface area contributed by atoms with Crippen molar-refractivity contribution in [3.05, 3.63) is 70.3 Å². The number of nitrogen functional groups attached to an aromatic ring is 1. The summed E-state index contributed by atoms with van der Waals surface area (Å²) in [5.74, 6) is 0.750. The fourth-order valence-electron chi connectivity index (χ4n) is 2.60. The van der Waals surface area contributed by atoms with Gasteiger partial charge in [0.2, 0.25) is 0 Å². The number of benzene rings is 2. The van der Waals surface area contributed by atoms with Crippen molar-refractivity contribution >= 4 is 11.5 Å². The molecule has 1 aromatic heterocycles. The normalized spacial score (nSPS) is 10.2. The van der Waals surface area contributed by atoms with E-state index in [-0.39, 0.29) is 17.1 Å². The lowest BCUT2D eigenvalue weighted by Crippen LogP contribution is -2.00. The van der Waals surface area contributed by atoms with Crippen molar-refractivity contribution in [2.24, 2.45) is 0 Å². The minimum Gasteiger partial charge on any atom is -0.497 e. The molecule has 0 bridgehead atoms. The predicted octanol–water partition coefficient (Wildman–Crippen LogP) is 3.79. The van der Waals surface area contributed by atoms with Crippen molar-refractivity contribution in [1.29, 1.82) is 5.26 Å². The predicted molar refractivity (Wildman–Crippen MR) is 97.4 cm³/mol. The summed E-state index contributed by atoms with van der Waals surface area (Å²) in [5.41, 5.74) is 8.81. The summed E-state index contributed by atoms with van der Waals surface area (Å²) >= 11 is 0. The van der Waals surface area contributed by atoms with Gasteiger partial charge in [-0.25, -0.2) is 4.98 Å². The molecule has 0 spiro atoms. The van der Waals surface area contributed by atoms with Crippen LogP contribution in [0.25, 0.3) is 22.4 Å². The maximum atomic E-state index is 10.8. The first-order chi connectivity index (χ1) is 12.5. The molecule has 2 aromatic carbocycles. The van der Waals surface area contributed by atoms with Gasteiger partial charge in [0, 0.05) is 23.3 Å². The average molecular weight is 346 g/mol. The topological polar surface area (TPSA) is 115 Å². The van der Waals surface area contributed by atoms with Gasteiger partial charge in [0.15, 0.2) is 0 Å². The maximum absolute atomic E-state index is 10.8. The van der Waals surface area contributed by atoms with Crippen molar-refractivity contribution in [2.75, 3.05) is 12.8 Å². The Morgan fingerprint density at radius 3 is 2.50 bits per heavy atom. The standard InChI is InChI=1S/C19H14N4O3/c1-26-15-4-2-3-13(9-15)16-10-18(22-19(21)17(16)11-20)12-5-7-14(8-6-12)23(24)25/h2-10H,1H3,(H2,21,22). The highest BCUT2D eigenvalue weighted by Gasteiger charge is 2.14. The van der Waals surface area contributed by atoms with E-state index in [1.54, 1.807) is 37.4 Å². The molecule has 3 rings (SSSR count). The van der Waals surface area contributed by atoms with Gasteiger partial charge in [0.1, 0.15) is 23.2 Å². The Hall–Kier alpha value is -3.92. The first-order valence-corrected chi connectivity index (χ1v) is 7.63. The highest BCUT2D eigenvalue weighted by molar-refractivity contribution is 5.80. The number of ether oxygens (including phenoxy) is 1. The zero-order valence-electron chi connectivity index (χ0n) is 13.8. The Kier molecular flexibility index (Phi) is 4.50. The number of nitro benzene ring substituents is 1. The molecule has 0 saturated heterocycles. The number of methoxy groups -OCH3 is 1. The number of rotatable bonds is 4. The number of hydrogen-bond acceptors (Lipinski definition) is 6. The Morgan fingerprint density at radius 2 is 1.88 bits per heavy atom. The van der Waals surface area contributed by atoms with Gasteiger partial charge in [-0.15, -0.1) is 0 Å². The van der Waals surface area contributed by atoms with Crippen LogP contribution in [0.5, 0.6) is 5.75 Å². The second-order valence-electron chi connectivity index (χ2n) is 5.46. The molecule has 0 aliphatic carbocycles. The lowest BCUT2D eigenvalue weighted by Gasteiger charge is -2.11. The van der Waals surface area contributed by atoms with E-state index in [9.17, 15) is 15.4 Å². The second kappa shape index (κ2) is 6.91. The van der Waals surface area contributed by atoms with Gasteiger partial charge in [-0.1, -0.05) is 12.1 Å². The Balaban J connectivity index is 2.16. The number of hydrogen-bond donors (Lipinski definition) is 1. The number of nitrogens with two attached hydrogens (primary N) is 1. The summed E-state index contributed by atoms with van der Waals surface area (Å²) in [6.07, 6.45) is 0. The van der Waals surface area contributed by atoms with Crippen molar-refractivity contribution in [1.82, 2.24) is 4.98 Å². The number of nitro groups is 1. The molecular weight excluding hydrogens is 332 g/mol. The van der Waals surface area contributed by atoms with Gasteiger partial charge in [0.25, 0.3) is 5.69 Å². The Morgan fingerprint density at radius 1 is 1.15 bits per heavy atom. The number of nitriles is 1. The van der Waals surface area contributed by atoms with Gasteiger partial charge in [0.05, 0.1) is 17.7 Å². The third-order valence-corrected chi connectivity index (χ3v) is 3.91. The van der Waals surface area contributed by atoms with Crippen LogP contribution in [0.4, 0.5) is 11.5 Å². The van der Waals surface area contributed by atoms with Gasteiger partial charge in [-0.3, -0.25) is 10.1 Å². The number of nitrogens with zero attached hydrogens (tertiary/aromatic N) is 3. The fourth-order valence-corrected chi connectivity index (χ4v) is 2.60. The molecule has 0 amide bonds. The van der Waals surface area contributed by atoms with E-state index in [0.717, 1.165) is 5.56 Å². The lowest BCUT2D eigenvalue weighted by molar-refractivity contribution is -0.384. The molecule has 0 atom stereocenters. The molecular formula is C19H14N4O3. The van der Waals surface area contributed by atoms with Gasteiger partial charge in [-0.05, 0) is 35.9 Å². The van der Waals surface area contributed by atoms with Crippen molar-refractivity contribution in [2.45, 2.75) is 0 Å². The molecule has 0 saturated carbocycles. The van der Waals surface area contributed by atoms with E-state index >= 15 is 0 Å². The van der Waals surface area contributed by atoms with Gasteiger partial charge in [-0.2, -0.15) is 5.26 Å². The minimum absolute atomic E-state index is 0.0108. The van der Waals surface area contributed by atoms with E-state index in [2.05, 4.69) is 11.1 Å². The molecule has 0 aliphatic heterocycles. The second-order valence-corrected chi connectivity index (χ2v) is 5.46. The van der Waals surface area contributed by atoms with Crippen LogP contribution < -0.4 is 10.5 Å². The van der Waals surface area contributed by atoms with Crippen LogP contribution in [0, 0.1) is 21.4 Å². The molecule has 7 nitrogen and oxygen atoms in total. The molecule has 7 heteroatoms. The Bertz CT molecular complexity index is 1020. The van der Waals surface area contributed by atoms with E-state index in [0.29, 0.717) is 22.6 Å². The molecule has 2 N–H and O–H groups in total. The number of pyridine rings is 1. The van der Waals surface area contributed by atoms with Crippen LogP contribution in [0.2, 0.25) is 0 Å². The lowest BCUT2D eigenvalue weighted by atomic mass is 9.98. The van der Waals surface area contributed by atoms with Gasteiger partial charge < -0.3 is 10.5 Å². The van der Waals surface area contributed by atoms with Crippen molar-refractivity contribution < 1.29 is 9.66 Å². The summed E-state index contributed by atoms with van der Waals surface area (Å²) in [5, 5.41) is 20.3. The smallest absolute Gasteiger partial charge is 0.269 e. The van der Waals surface area contributed by atoms with Crippen molar-refractivity contribution in [3.63, 3.8) is 0 Å². The molecule has 0 unspecified atom stereocenters. The molecule has 0 aliphatic rings. The minimum atomic E-state index is -0.466. The quantitative estimate of drug-likeness (QED) is 0.567. The summed E-state index contributed by atoms with van der Waals surface area (Å²) in [6, 6.07) is 17.1. The van der Waals surface area contributed by atoms with E-state index in [1.165, 1.54) is 12.1 Å². The molecule has 1 heterocycles. The van der Waals surface area contributed by atoms with Crippen LogP contribution in [-0.2, 0) is 0 Å². The van der Waals surface area contributed by atoms with E-state index in [1.807, 2.05) is 12.1 Å². The highest BCUT2D eigenvalue weighted by atomic mass is 16.6. The van der Waals surface area contributed by atoms with Crippen LogP contribution in [0.3, 0.4) is 0 Å². The molecule has 3 aromatic rings. The number of anilines is 1. The monoisotopic (exact) mass is 346 g/mol. The highest BCUT2D eigenvalue weighted by Crippen LogP contribution is 2.33. The zero-order chi connectivity index (χ0) is 18.7. The van der Waals surface area contributed by atoms with Crippen LogP contribution >= 0.6 is 0 Å². The summed E-state index contributed by atoms with van der Waals surface area (Å²) in [6.45, 7) is 0. The van der Waals surface area contributed by atoms with Crippen LogP contribution in [0.1, 0.15) is 5.56 Å². The first kappa shape index (κ1) is 16.9. The number of non-ortho nitro benzene ring substituents is 1. The first-order valence-electron chi connectivity index (χ1n) is 7.63. The third-order valence-electron chi connectivity index (χ3n) is 3.91. The molecule has 0 radical (unpaired) electrons.